The predicted octanol–water partition coefficient (Wildman–Crippen LogP) is 4.77. The third-order valence-corrected chi connectivity index (χ3v) is 2.77. The summed E-state index contributed by atoms with van der Waals surface area (Å²) in [6.45, 7) is 4.18. The van der Waals surface area contributed by atoms with Crippen LogP contribution in [-0.2, 0) is 0 Å². The molecule has 0 aliphatic heterocycles. The van der Waals surface area contributed by atoms with Crippen LogP contribution in [0, 0.1) is 6.92 Å². The molecule has 0 aliphatic carbocycles. The maximum atomic E-state index is 3.44. The molecular formula is C16H17N. The molecule has 1 heteroatoms. The number of para-hydroxylation sites is 1. The van der Waals surface area contributed by atoms with Gasteiger partial charge in [-0.1, -0.05) is 42.5 Å². The molecule has 2 aromatic rings. The molecule has 0 aromatic heterocycles. The van der Waals surface area contributed by atoms with Crippen LogP contribution in [0.3, 0.4) is 0 Å². The van der Waals surface area contributed by atoms with Crippen molar-refractivity contribution >= 4 is 17.5 Å². The summed E-state index contributed by atoms with van der Waals surface area (Å²) in [6, 6.07) is 16.5. The fourth-order valence-electron chi connectivity index (χ4n) is 1.83. The van der Waals surface area contributed by atoms with E-state index in [-0.39, 0.29) is 0 Å². The third-order valence-electron chi connectivity index (χ3n) is 2.77. The lowest BCUT2D eigenvalue weighted by Gasteiger charge is -2.11. The lowest BCUT2D eigenvalue weighted by atomic mass is 10.1. The van der Waals surface area contributed by atoms with Gasteiger partial charge >= 0.3 is 0 Å². The summed E-state index contributed by atoms with van der Waals surface area (Å²) in [7, 11) is 0. The molecule has 0 bridgehead atoms. The van der Waals surface area contributed by atoms with Gasteiger partial charge in [-0.25, -0.2) is 0 Å². The minimum Gasteiger partial charge on any atom is -0.355 e. The van der Waals surface area contributed by atoms with Crippen molar-refractivity contribution in [3.8, 4) is 0 Å². The van der Waals surface area contributed by atoms with E-state index in [9.17, 15) is 0 Å². The summed E-state index contributed by atoms with van der Waals surface area (Å²) in [5.41, 5.74) is 4.81. The van der Waals surface area contributed by atoms with Crippen LogP contribution in [0.1, 0.15) is 18.1 Å². The first-order valence-corrected chi connectivity index (χ1v) is 5.85. The standard InChI is InChI=1S/C16H17N/c1-3-8-14-9-7-12-16(13(14)2)17-15-10-5-4-6-11-15/h3-12,17H,1-2H3/b8-3-. The largest absolute Gasteiger partial charge is 0.355 e. The second-order valence-corrected chi connectivity index (χ2v) is 4.01. The summed E-state index contributed by atoms with van der Waals surface area (Å²) < 4.78 is 0. The number of anilines is 2. The van der Waals surface area contributed by atoms with E-state index in [2.05, 4.69) is 54.7 Å². The van der Waals surface area contributed by atoms with E-state index in [4.69, 9.17) is 0 Å². The highest BCUT2D eigenvalue weighted by molar-refractivity contribution is 5.69. The van der Waals surface area contributed by atoms with E-state index in [0.29, 0.717) is 0 Å². The first kappa shape index (κ1) is 11.5. The number of hydrogen-bond acceptors (Lipinski definition) is 1. The molecule has 0 fully saturated rings. The van der Waals surface area contributed by atoms with Crippen LogP contribution in [0.25, 0.3) is 6.08 Å². The van der Waals surface area contributed by atoms with Gasteiger partial charge in [0.15, 0.2) is 0 Å². The van der Waals surface area contributed by atoms with E-state index in [1.54, 1.807) is 0 Å². The summed E-state index contributed by atoms with van der Waals surface area (Å²) in [4.78, 5) is 0. The summed E-state index contributed by atoms with van der Waals surface area (Å²) in [5.74, 6) is 0. The van der Waals surface area contributed by atoms with Crippen LogP contribution in [-0.4, -0.2) is 0 Å². The molecule has 0 saturated heterocycles. The molecule has 0 unspecified atom stereocenters. The van der Waals surface area contributed by atoms with Crippen molar-refractivity contribution in [3.63, 3.8) is 0 Å². The molecule has 2 rings (SSSR count). The zero-order valence-electron chi connectivity index (χ0n) is 10.3. The fourth-order valence-corrected chi connectivity index (χ4v) is 1.83. The molecule has 0 heterocycles. The predicted molar refractivity (Wildman–Crippen MR) is 75.6 cm³/mol. The van der Waals surface area contributed by atoms with Crippen molar-refractivity contribution in [2.75, 3.05) is 5.32 Å². The Hall–Kier alpha value is -2.02. The minimum atomic E-state index is 1.12. The molecule has 0 atom stereocenters. The maximum Gasteiger partial charge on any atom is 0.0419 e. The van der Waals surface area contributed by atoms with Crippen molar-refractivity contribution in [3.05, 3.63) is 65.7 Å². The van der Waals surface area contributed by atoms with Gasteiger partial charge in [0.1, 0.15) is 0 Å². The topological polar surface area (TPSA) is 12.0 Å². The van der Waals surface area contributed by atoms with Gasteiger partial charge < -0.3 is 5.32 Å². The number of rotatable bonds is 3. The highest BCUT2D eigenvalue weighted by Crippen LogP contribution is 2.23. The van der Waals surface area contributed by atoms with Crippen LogP contribution >= 0.6 is 0 Å². The first-order chi connectivity index (χ1) is 8.31. The Balaban J connectivity index is 2.31. The van der Waals surface area contributed by atoms with Crippen LogP contribution < -0.4 is 5.32 Å². The van der Waals surface area contributed by atoms with Crippen molar-refractivity contribution in [2.45, 2.75) is 13.8 Å². The second-order valence-electron chi connectivity index (χ2n) is 4.01. The molecule has 1 N–H and O–H groups in total. The average Bonchev–Trinajstić information content (AvgIpc) is 2.36. The van der Waals surface area contributed by atoms with Crippen LogP contribution in [0.15, 0.2) is 54.6 Å². The molecule has 0 spiro atoms. The number of hydrogen-bond donors (Lipinski definition) is 1. The van der Waals surface area contributed by atoms with Crippen molar-refractivity contribution in [1.82, 2.24) is 0 Å². The Morgan fingerprint density at radius 2 is 1.71 bits per heavy atom. The lowest BCUT2D eigenvalue weighted by Crippen LogP contribution is -1.94. The smallest absolute Gasteiger partial charge is 0.0419 e. The Morgan fingerprint density at radius 3 is 2.41 bits per heavy atom. The van der Waals surface area contributed by atoms with Crippen molar-refractivity contribution in [2.24, 2.45) is 0 Å². The molecule has 17 heavy (non-hydrogen) atoms. The summed E-state index contributed by atoms with van der Waals surface area (Å²) >= 11 is 0. The molecule has 0 radical (unpaired) electrons. The number of benzene rings is 2. The Bertz CT molecular complexity index is 512. The molecule has 0 saturated carbocycles. The molecular weight excluding hydrogens is 206 g/mol. The van der Waals surface area contributed by atoms with Crippen LogP contribution in [0.2, 0.25) is 0 Å². The zero-order chi connectivity index (χ0) is 12.1. The van der Waals surface area contributed by atoms with E-state index in [1.165, 1.54) is 11.1 Å². The van der Waals surface area contributed by atoms with Gasteiger partial charge in [0.25, 0.3) is 0 Å². The second kappa shape index (κ2) is 5.35. The molecule has 1 nitrogen and oxygen atoms in total. The average molecular weight is 223 g/mol. The quantitative estimate of drug-likeness (QED) is 0.790. The highest BCUT2D eigenvalue weighted by atomic mass is 14.9. The Kier molecular flexibility index (Phi) is 3.61. The van der Waals surface area contributed by atoms with E-state index < -0.39 is 0 Å². The SMILES string of the molecule is C/C=C\c1cccc(Nc2ccccc2)c1C. The first-order valence-electron chi connectivity index (χ1n) is 5.85. The van der Waals surface area contributed by atoms with Gasteiger partial charge in [-0.15, -0.1) is 0 Å². The molecule has 2 aromatic carbocycles. The van der Waals surface area contributed by atoms with Gasteiger partial charge in [0.05, 0.1) is 0 Å². The van der Waals surface area contributed by atoms with Gasteiger partial charge in [-0.05, 0) is 43.2 Å². The molecule has 86 valence electrons. The third kappa shape index (κ3) is 2.76. The molecule has 0 amide bonds. The van der Waals surface area contributed by atoms with E-state index >= 15 is 0 Å². The number of allylic oxidation sites excluding steroid dienone is 1. The Morgan fingerprint density at radius 1 is 0.941 bits per heavy atom. The normalized spacial score (nSPS) is 10.7. The molecule has 0 aliphatic rings. The minimum absolute atomic E-state index is 1.12. The fraction of sp³-hybridized carbons (Fsp3) is 0.125. The van der Waals surface area contributed by atoms with E-state index in [0.717, 1.165) is 11.4 Å². The van der Waals surface area contributed by atoms with Crippen molar-refractivity contribution < 1.29 is 0 Å². The van der Waals surface area contributed by atoms with Crippen LogP contribution in [0.5, 0.6) is 0 Å². The van der Waals surface area contributed by atoms with Gasteiger partial charge in [0, 0.05) is 11.4 Å². The van der Waals surface area contributed by atoms with Crippen LogP contribution in [0.4, 0.5) is 11.4 Å². The highest BCUT2D eigenvalue weighted by Gasteiger charge is 2.01. The Labute approximate surface area is 103 Å². The summed E-state index contributed by atoms with van der Waals surface area (Å²) in [5, 5.41) is 3.44. The number of nitrogens with one attached hydrogen (secondary N) is 1. The van der Waals surface area contributed by atoms with Gasteiger partial charge in [0.2, 0.25) is 0 Å². The van der Waals surface area contributed by atoms with Gasteiger partial charge in [-0.2, -0.15) is 0 Å². The van der Waals surface area contributed by atoms with Crippen molar-refractivity contribution in [1.29, 1.82) is 0 Å². The lowest BCUT2D eigenvalue weighted by molar-refractivity contribution is 1.41. The maximum absolute atomic E-state index is 3.44. The summed E-state index contributed by atoms with van der Waals surface area (Å²) in [6.07, 6.45) is 4.19. The monoisotopic (exact) mass is 223 g/mol. The van der Waals surface area contributed by atoms with E-state index in [1.807, 2.05) is 25.1 Å². The van der Waals surface area contributed by atoms with Gasteiger partial charge in [-0.3, -0.25) is 0 Å². The zero-order valence-corrected chi connectivity index (χ0v) is 10.3.